The van der Waals surface area contributed by atoms with Crippen molar-refractivity contribution in [3.63, 3.8) is 0 Å². The molecular formula is C9H16O5. The standard InChI is InChI=1S/C9H16O5/c10-7(1-11-3-8-5-13-8)2-12-4-9-6-14-9/h7-10H,1-6H2/t8-,9-/m0/s1. The van der Waals surface area contributed by atoms with Crippen molar-refractivity contribution in [1.82, 2.24) is 0 Å². The van der Waals surface area contributed by atoms with E-state index in [9.17, 15) is 5.11 Å². The fourth-order valence-electron chi connectivity index (χ4n) is 1.05. The van der Waals surface area contributed by atoms with Crippen LogP contribution in [0, 0.1) is 0 Å². The molecule has 2 rings (SSSR count). The van der Waals surface area contributed by atoms with Crippen molar-refractivity contribution >= 4 is 0 Å². The lowest BCUT2D eigenvalue weighted by molar-refractivity contribution is -0.0239. The quantitative estimate of drug-likeness (QED) is 0.523. The van der Waals surface area contributed by atoms with E-state index >= 15 is 0 Å². The summed E-state index contributed by atoms with van der Waals surface area (Å²) in [7, 11) is 0. The second kappa shape index (κ2) is 5.04. The first-order chi connectivity index (χ1) is 6.84. The second-order valence-electron chi connectivity index (χ2n) is 3.64. The molecule has 0 aromatic rings. The largest absolute Gasteiger partial charge is 0.388 e. The summed E-state index contributed by atoms with van der Waals surface area (Å²) in [5.41, 5.74) is 0. The van der Waals surface area contributed by atoms with E-state index in [0.717, 1.165) is 13.2 Å². The Bertz CT molecular complexity index is 149. The van der Waals surface area contributed by atoms with Crippen LogP contribution in [-0.4, -0.2) is 63.1 Å². The highest BCUT2D eigenvalue weighted by molar-refractivity contribution is 4.69. The molecule has 2 heterocycles. The summed E-state index contributed by atoms with van der Waals surface area (Å²) in [5, 5.41) is 9.38. The zero-order valence-electron chi connectivity index (χ0n) is 8.05. The normalized spacial score (nSPS) is 29.6. The highest BCUT2D eigenvalue weighted by Crippen LogP contribution is 2.09. The summed E-state index contributed by atoms with van der Waals surface area (Å²) in [6.07, 6.45) is -0.0431. The van der Waals surface area contributed by atoms with Crippen LogP contribution < -0.4 is 0 Å². The van der Waals surface area contributed by atoms with Crippen molar-refractivity contribution in [3.05, 3.63) is 0 Å². The van der Waals surface area contributed by atoms with Crippen LogP contribution in [-0.2, 0) is 18.9 Å². The van der Waals surface area contributed by atoms with E-state index < -0.39 is 6.10 Å². The molecular weight excluding hydrogens is 188 g/mol. The molecule has 0 amide bonds. The van der Waals surface area contributed by atoms with Gasteiger partial charge in [-0.15, -0.1) is 0 Å². The molecule has 0 aromatic carbocycles. The Balaban J connectivity index is 1.38. The smallest absolute Gasteiger partial charge is 0.104 e. The molecule has 0 aromatic heterocycles. The summed E-state index contributed by atoms with van der Waals surface area (Å²) < 4.78 is 20.3. The maximum atomic E-state index is 9.38. The molecule has 0 spiro atoms. The van der Waals surface area contributed by atoms with Gasteiger partial charge < -0.3 is 24.1 Å². The third kappa shape index (κ3) is 4.34. The first kappa shape index (κ1) is 10.3. The summed E-state index contributed by atoms with van der Waals surface area (Å²) in [6, 6.07) is 0. The molecule has 0 saturated carbocycles. The minimum Gasteiger partial charge on any atom is -0.388 e. The molecule has 0 bridgehead atoms. The molecule has 5 heteroatoms. The predicted octanol–water partition coefficient (Wildman–Crippen LogP) is -0.822. The minimum absolute atomic E-state index is 0.253. The van der Waals surface area contributed by atoms with Crippen molar-refractivity contribution in [1.29, 1.82) is 0 Å². The Hall–Kier alpha value is -0.200. The van der Waals surface area contributed by atoms with Crippen LogP contribution in [0.5, 0.6) is 0 Å². The van der Waals surface area contributed by atoms with Gasteiger partial charge in [0, 0.05) is 0 Å². The van der Waals surface area contributed by atoms with Crippen LogP contribution in [0.3, 0.4) is 0 Å². The van der Waals surface area contributed by atoms with Gasteiger partial charge in [-0.3, -0.25) is 0 Å². The van der Waals surface area contributed by atoms with E-state index in [0.29, 0.717) is 26.4 Å². The fourth-order valence-corrected chi connectivity index (χ4v) is 1.05. The van der Waals surface area contributed by atoms with Crippen LogP contribution in [0.1, 0.15) is 0 Å². The maximum Gasteiger partial charge on any atom is 0.104 e. The zero-order valence-corrected chi connectivity index (χ0v) is 8.05. The van der Waals surface area contributed by atoms with Gasteiger partial charge in [0.2, 0.25) is 0 Å². The number of aliphatic hydroxyl groups excluding tert-OH is 1. The molecule has 14 heavy (non-hydrogen) atoms. The number of aliphatic hydroxyl groups is 1. The lowest BCUT2D eigenvalue weighted by Gasteiger charge is -2.10. The van der Waals surface area contributed by atoms with Gasteiger partial charge >= 0.3 is 0 Å². The van der Waals surface area contributed by atoms with Gasteiger partial charge in [0.1, 0.15) is 18.3 Å². The number of ether oxygens (including phenoxy) is 4. The summed E-state index contributed by atoms with van der Waals surface area (Å²) >= 11 is 0. The molecule has 1 N–H and O–H groups in total. The van der Waals surface area contributed by atoms with E-state index in [1.807, 2.05) is 0 Å². The van der Waals surface area contributed by atoms with Crippen molar-refractivity contribution in [2.75, 3.05) is 39.6 Å². The highest BCUT2D eigenvalue weighted by Gasteiger charge is 2.24. The first-order valence-electron chi connectivity index (χ1n) is 4.91. The fraction of sp³-hybridized carbons (Fsp3) is 1.00. The Kier molecular flexibility index (Phi) is 3.72. The SMILES string of the molecule is OC(COC[C@H]1CO1)COC[C@H]1CO1. The van der Waals surface area contributed by atoms with Gasteiger partial charge in [0.25, 0.3) is 0 Å². The Morgan fingerprint density at radius 3 is 1.86 bits per heavy atom. The molecule has 2 aliphatic rings. The van der Waals surface area contributed by atoms with Gasteiger partial charge in [-0.25, -0.2) is 0 Å². The summed E-state index contributed by atoms with van der Waals surface area (Å²) in [6.45, 7) is 3.33. The number of hydrogen-bond acceptors (Lipinski definition) is 5. The van der Waals surface area contributed by atoms with Crippen LogP contribution in [0.2, 0.25) is 0 Å². The van der Waals surface area contributed by atoms with E-state index in [4.69, 9.17) is 18.9 Å². The molecule has 5 nitrogen and oxygen atoms in total. The van der Waals surface area contributed by atoms with Crippen molar-refractivity contribution in [2.45, 2.75) is 18.3 Å². The average Bonchev–Trinajstić information content (AvgIpc) is 2.99. The van der Waals surface area contributed by atoms with E-state index in [1.165, 1.54) is 0 Å². The van der Waals surface area contributed by atoms with Gasteiger partial charge in [-0.05, 0) is 0 Å². The lowest BCUT2D eigenvalue weighted by Crippen LogP contribution is -2.23. The Morgan fingerprint density at radius 2 is 1.50 bits per heavy atom. The molecule has 0 radical (unpaired) electrons. The van der Waals surface area contributed by atoms with E-state index in [-0.39, 0.29) is 12.2 Å². The van der Waals surface area contributed by atoms with Crippen LogP contribution in [0.15, 0.2) is 0 Å². The molecule has 2 atom stereocenters. The predicted molar refractivity (Wildman–Crippen MR) is 47.1 cm³/mol. The highest BCUT2D eigenvalue weighted by atomic mass is 16.6. The Morgan fingerprint density at radius 1 is 1.07 bits per heavy atom. The van der Waals surface area contributed by atoms with Crippen molar-refractivity contribution < 1.29 is 24.1 Å². The molecule has 2 fully saturated rings. The molecule has 82 valence electrons. The van der Waals surface area contributed by atoms with E-state index in [1.54, 1.807) is 0 Å². The minimum atomic E-state index is -0.549. The number of hydrogen-bond donors (Lipinski definition) is 1. The maximum absolute atomic E-state index is 9.38. The lowest BCUT2D eigenvalue weighted by atomic mass is 10.4. The zero-order chi connectivity index (χ0) is 9.80. The first-order valence-corrected chi connectivity index (χ1v) is 4.91. The van der Waals surface area contributed by atoms with Gasteiger partial charge in [-0.2, -0.15) is 0 Å². The van der Waals surface area contributed by atoms with Crippen LogP contribution in [0.25, 0.3) is 0 Å². The van der Waals surface area contributed by atoms with Crippen LogP contribution >= 0.6 is 0 Å². The third-order valence-electron chi connectivity index (χ3n) is 2.03. The van der Waals surface area contributed by atoms with Crippen LogP contribution in [0.4, 0.5) is 0 Å². The number of epoxide rings is 2. The van der Waals surface area contributed by atoms with Gasteiger partial charge in [-0.1, -0.05) is 0 Å². The molecule has 0 aliphatic carbocycles. The average molecular weight is 204 g/mol. The summed E-state index contributed by atoms with van der Waals surface area (Å²) in [4.78, 5) is 0. The Labute approximate surface area is 82.9 Å². The van der Waals surface area contributed by atoms with Gasteiger partial charge in [0.05, 0.1) is 39.6 Å². The van der Waals surface area contributed by atoms with Gasteiger partial charge in [0.15, 0.2) is 0 Å². The summed E-state index contributed by atoms with van der Waals surface area (Å²) in [5.74, 6) is 0. The monoisotopic (exact) mass is 204 g/mol. The topological polar surface area (TPSA) is 63.8 Å². The second-order valence-corrected chi connectivity index (χ2v) is 3.64. The molecule has 2 aliphatic heterocycles. The molecule has 2 saturated heterocycles. The van der Waals surface area contributed by atoms with E-state index in [2.05, 4.69) is 0 Å². The molecule has 0 unspecified atom stereocenters. The van der Waals surface area contributed by atoms with Crippen molar-refractivity contribution in [3.8, 4) is 0 Å². The van der Waals surface area contributed by atoms with Crippen molar-refractivity contribution in [2.24, 2.45) is 0 Å². The third-order valence-corrected chi connectivity index (χ3v) is 2.03. The number of rotatable bonds is 8.